The van der Waals surface area contributed by atoms with E-state index in [9.17, 15) is 10.2 Å². The standard InChI is InChI=1S/C14H27N5O2/c1-6-14(7-20,8-21)18-10-9(2)11(19-15)17-12(16-10)13(3,4)5/h20-21H,6-8,15H2,1-5H3,(H2,16,17,18,19). The highest BCUT2D eigenvalue weighted by Gasteiger charge is 2.29. The van der Waals surface area contributed by atoms with E-state index in [-0.39, 0.29) is 18.6 Å². The Labute approximate surface area is 126 Å². The Bertz CT molecular complexity index is 473. The van der Waals surface area contributed by atoms with Crippen LogP contribution in [0.2, 0.25) is 0 Å². The first-order valence-electron chi connectivity index (χ1n) is 7.08. The lowest BCUT2D eigenvalue weighted by molar-refractivity contribution is 0.132. The predicted molar refractivity (Wildman–Crippen MR) is 84.1 cm³/mol. The summed E-state index contributed by atoms with van der Waals surface area (Å²) < 4.78 is 0. The molecule has 21 heavy (non-hydrogen) atoms. The Morgan fingerprint density at radius 1 is 1.10 bits per heavy atom. The maximum atomic E-state index is 9.58. The molecule has 0 fully saturated rings. The van der Waals surface area contributed by atoms with E-state index in [4.69, 9.17) is 5.84 Å². The van der Waals surface area contributed by atoms with Gasteiger partial charge >= 0.3 is 0 Å². The van der Waals surface area contributed by atoms with Crippen LogP contribution in [0.3, 0.4) is 0 Å². The minimum atomic E-state index is -0.819. The predicted octanol–water partition coefficient (Wildman–Crippen LogP) is 0.913. The maximum absolute atomic E-state index is 9.58. The third-order valence-corrected chi connectivity index (χ3v) is 3.62. The molecule has 7 heteroatoms. The Kier molecular flexibility index (Phi) is 5.49. The number of hydrogen-bond donors (Lipinski definition) is 5. The van der Waals surface area contributed by atoms with Crippen LogP contribution in [0.25, 0.3) is 0 Å². The maximum Gasteiger partial charge on any atom is 0.148 e. The van der Waals surface area contributed by atoms with Crippen LogP contribution in [-0.2, 0) is 5.41 Å². The third-order valence-electron chi connectivity index (χ3n) is 3.62. The first-order chi connectivity index (χ1) is 9.72. The number of hydrogen-bond acceptors (Lipinski definition) is 7. The summed E-state index contributed by atoms with van der Waals surface area (Å²) in [6.45, 7) is 9.36. The molecule has 0 radical (unpaired) electrons. The summed E-state index contributed by atoms with van der Waals surface area (Å²) in [5.41, 5.74) is 2.25. The molecule has 7 nitrogen and oxygen atoms in total. The molecule has 0 atom stereocenters. The first kappa shape index (κ1) is 17.6. The van der Waals surface area contributed by atoms with Crippen LogP contribution in [0.5, 0.6) is 0 Å². The molecule has 0 aromatic carbocycles. The van der Waals surface area contributed by atoms with Crippen molar-refractivity contribution in [2.24, 2.45) is 5.84 Å². The Hall–Kier alpha value is -1.44. The number of nitrogens with one attached hydrogen (secondary N) is 2. The molecule has 0 unspecified atom stereocenters. The minimum absolute atomic E-state index is 0.195. The number of aliphatic hydroxyl groups is 2. The van der Waals surface area contributed by atoms with Crippen molar-refractivity contribution in [2.45, 2.75) is 52.0 Å². The van der Waals surface area contributed by atoms with E-state index < -0.39 is 5.54 Å². The molecule has 120 valence electrons. The number of anilines is 2. The molecular formula is C14H27N5O2. The van der Waals surface area contributed by atoms with Crippen molar-refractivity contribution < 1.29 is 10.2 Å². The van der Waals surface area contributed by atoms with Crippen molar-refractivity contribution in [2.75, 3.05) is 24.0 Å². The zero-order valence-corrected chi connectivity index (χ0v) is 13.5. The molecule has 1 heterocycles. The van der Waals surface area contributed by atoms with Gasteiger partial charge < -0.3 is 21.0 Å². The molecule has 0 aliphatic heterocycles. The van der Waals surface area contributed by atoms with Crippen LogP contribution in [0.4, 0.5) is 11.6 Å². The second kappa shape index (κ2) is 6.55. The zero-order chi connectivity index (χ0) is 16.3. The molecule has 1 rings (SSSR count). The van der Waals surface area contributed by atoms with Gasteiger partial charge in [0.15, 0.2) is 0 Å². The van der Waals surface area contributed by atoms with E-state index in [0.29, 0.717) is 23.9 Å². The van der Waals surface area contributed by atoms with Crippen LogP contribution in [0.15, 0.2) is 0 Å². The third kappa shape index (κ3) is 3.81. The lowest BCUT2D eigenvalue weighted by Crippen LogP contribution is -2.45. The molecule has 0 saturated carbocycles. The summed E-state index contributed by atoms with van der Waals surface area (Å²) in [7, 11) is 0. The monoisotopic (exact) mass is 297 g/mol. The van der Waals surface area contributed by atoms with Gasteiger partial charge in [-0.05, 0) is 13.3 Å². The number of aromatic nitrogens is 2. The number of nitrogens with zero attached hydrogens (tertiary/aromatic N) is 2. The number of hydrazine groups is 1. The molecule has 0 saturated heterocycles. The number of rotatable bonds is 6. The SMILES string of the molecule is CCC(CO)(CO)Nc1nc(C(C)(C)C)nc(NN)c1C. The van der Waals surface area contributed by atoms with Crippen LogP contribution in [0, 0.1) is 6.92 Å². The Morgan fingerprint density at radius 3 is 2.00 bits per heavy atom. The van der Waals surface area contributed by atoms with E-state index >= 15 is 0 Å². The van der Waals surface area contributed by atoms with E-state index in [2.05, 4.69) is 20.7 Å². The average molecular weight is 297 g/mol. The second-order valence-corrected chi connectivity index (χ2v) is 6.34. The summed E-state index contributed by atoms with van der Waals surface area (Å²) in [6.07, 6.45) is 0.555. The van der Waals surface area contributed by atoms with E-state index in [1.54, 1.807) is 0 Å². The lowest BCUT2D eigenvalue weighted by Gasteiger charge is -2.32. The van der Waals surface area contributed by atoms with Crippen molar-refractivity contribution in [1.29, 1.82) is 0 Å². The summed E-state index contributed by atoms with van der Waals surface area (Å²) >= 11 is 0. The molecule has 6 N–H and O–H groups in total. The molecule has 0 bridgehead atoms. The van der Waals surface area contributed by atoms with Crippen LogP contribution in [-0.4, -0.2) is 38.9 Å². The quantitative estimate of drug-likeness (QED) is 0.391. The number of nitrogens with two attached hydrogens (primary N) is 1. The number of nitrogen functional groups attached to an aromatic ring is 1. The number of aliphatic hydroxyl groups excluding tert-OH is 2. The molecule has 1 aromatic rings. The van der Waals surface area contributed by atoms with Gasteiger partial charge in [-0.1, -0.05) is 27.7 Å². The van der Waals surface area contributed by atoms with Gasteiger partial charge in [0.05, 0.1) is 18.8 Å². The minimum Gasteiger partial charge on any atom is -0.394 e. The topological polar surface area (TPSA) is 116 Å². The average Bonchev–Trinajstić information content (AvgIpc) is 2.45. The van der Waals surface area contributed by atoms with Crippen LogP contribution in [0.1, 0.15) is 45.5 Å². The van der Waals surface area contributed by atoms with Crippen molar-refractivity contribution in [1.82, 2.24) is 9.97 Å². The highest BCUT2D eigenvalue weighted by molar-refractivity contribution is 5.58. The van der Waals surface area contributed by atoms with Crippen molar-refractivity contribution in [3.05, 3.63) is 11.4 Å². The fraction of sp³-hybridized carbons (Fsp3) is 0.714. The van der Waals surface area contributed by atoms with Gasteiger partial charge in [-0.25, -0.2) is 15.8 Å². The van der Waals surface area contributed by atoms with Crippen molar-refractivity contribution in [3.63, 3.8) is 0 Å². The second-order valence-electron chi connectivity index (χ2n) is 6.34. The Morgan fingerprint density at radius 2 is 1.62 bits per heavy atom. The summed E-state index contributed by atoms with van der Waals surface area (Å²) in [6, 6.07) is 0. The van der Waals surface area contributed by atoms with Gasteiger partial charge in [-0.3, -0.25) is 0 Å². The van der Waals surface area contributed by atoms with Gasteiger partial charge in [0, 0.05) is 11.0 Å². The molecule has 0 spiro atoms. The van der Waals surface area contributed by atoms with Crippen molar-refractivity contribution >= 4 is 11.6 Å². The molecular weight excluding hydrogens is 270 g/mol. The van der Waals surface area contributed by atoms with Crippen molar-refractivity contribution in [3.8, 4) is 0 Å². The normalized spacial score (nSPS) is 12.4. The molecule has 0 aliphatic rings. The fourth-order valence-electron chi connectivity index (χ4n) is 1.81. The largest absolute Gasteiger partial charge is 0.394 e. The lowest BCUT2D eigenvalue weighted by atomic mass is 9.95. The molecule has 0 amide bonds. The van der Waals surface area contributed by atoms with Crippen LogP contribution >= 0.6 is 0 Å². The van der Waals surface area contributed by atoms with E-state index in [1.165, 1.54) is 0 Å². The fourth-order valence-corrected chi connectivity index (χ4v) is 1.81. The smallest absolute Gasteiger partial charge is 0.148 e. The van der Waals surface area contributed by atoms with Gasteiger partial charge in [0.1, 0.15) is 17.5 Å². The van der Waals surface area contributed by atoms with Gasteiger partial charge in [-0.15, -0.1) is 0 Å². The van der Waals surface area contributed by atoms with Crippen LogP contribution < -0.4 is 16.6 Å². The first-order valence-corrected chi connectivity index (χ1v) is 7.08. The molecule has 1 aromatic heterocycles. The van der Waals surface area contributed by atoms with Gasteiger partial charge in [0.25, 0.3) is 0 Å². The zero-order valence-electron chi connectivity index (χ0n) is 13.5. The van der Waals surface area contributed by atoms with Gasteiger partial charge in [-0.2, -0.15) is 0 Å². The summed E-state index contributed by atoms with van der Waals surface area (Å²) in [4.78, 5) is 8.96. The highest BCUT2D eigenvalue weighted by Crippen LogP contribution is 2.28. The van der Waals surface area contributed by atoms with Gasteiger partial charge in [0.2, 0.25) is 0 Å². The Balaban J connectivity index is 3.34. The van der Waals surface area contributed by atoms with E-state index in [0.717, 1.165) is 5.56 Å². The summed E-state index contributed by atoms with van der Waals surface area (Å²) in [5, 5.41) is 22.3. The summed E-state index contributed by atoms with van der Waals surface area (Å²) in [5.74, 6) is 7.24. The van der Waals surface area contributed by atoms with E-state index in [1.807, 2.05) is 34.6 Å². The highest BCUT2D eigenvalue weighted by atomic mass is 16.3. The molecule has 0 aliphatic carbocycles.